The molecule has 0 atom stereocenters. The van der Waals surface area contributed by atoms with Crippen LogP contribution < -0.4 is 0 Å². The van der Waals surface area contributed by atoms with Crippen LogP contribution in [0.1, 0.15) is 43.6 Å². The molecule has 0 aliphatic heterocycles. The van der Waals surface area contributed by atoms with Gasteiger partial charge in [-0.05, 0) is 77.9 Å². The van der Waals surface area contributed by atoms with Gasteiger partial charge in [-0.25, -0.2) is 0 Å². The highest BCUT2D eigenvalue weighted by molar-refractivity contribution is 6.07. The van der Waals surface area contributed by atoms with Crippen LogP contribution in [0.4, 0.5) is 0 Å². The van der Waals surface area contributed by atoms with E-state index in [4.69, 9.17) is 9.40 Å². The first-order valence-electron chi connectivity index (χ1n) is 11.3. The normalized spacial score (nSPS) is 15.0. The monoisotopic (exact) mass is 403 g/mol. The van der Waals surface area contributed by atoms with Gasteiger partial charge in [0.05, 0.1) is 5.69 Å². The van der Waals surface area contributed by atoms with Gasteiger partial charge in [-0.2, -0.15) is 0 Å². The van der Waals surface area contributed by atoms with Crippen molar-refractivity contribution in [2.45, 2.75) is 38.0 Å². The molecule has 1 fully saturated rings. The van der Waals surface area contributed by atoms with Gasteiger partial charge in [0.25, 0.3) is 0 Å². The summed E-state index contributed by atoms with van der Waals surface area (Å²) in [5.74, 6) is 0.686. The summed E-state index contributed by atoms with van der Waals surface area (Å²) in [6, 6.07) is 27.9. The van der Waals surface area contributed by atoms with E-state index in [0.29, 0.717) is 5.92 Å². The molecule has 1 saturated carbocycles. The Morgan fingerprint density at radius 2 is 1.48 bits per heavy atom. The van der Waals surface area contributed by atoms with E-state index in [1.54, 1.807) is 0 Å². The standard InChI is InChI=1S/C29H25NO/c1-3-7-20(8-4-1)22-11-13-25-26-17-24(12-14-28(26)31-29(25)19-22)27-18-23(15-16-30-27)21-9-5-2-6-10-21/h1,3-4,7-8,11-19,21H,2,5-6,9-10H2. The highest BCUT2D eigenvalue weighted by Crippen LogP contribution is 2.36. The van der Waals surface area contributed by atoms with Gasteiger partial charge in [-0.3, -0.25) is 4.98 Å². The minimum Gasteiger partial charge on any atom is -0.456 e. The molecule has 1 aliphatic carbocycles. The van der Waals surface area contributed by atoms with Gasteiger partial charge in [-0.15, -0.1) is 0 Å². The van der Waals surface area contributed by atoms with Crippen LogP contribution in [0.25, 0.3) is 44.3 Å². The van der Waals surface area contributed by atoms with Crippen molar-refractivity contribution in [1.29, 1.82) is 0 Å². The van der Waals surface area contributed by atoms with Crippen molar-refractivity contribution in [3.05, 3.63) is 90.6 Å². The molecule has 31 heavy (non-hydrogen) atoms. The fourth-order valence-corrected chi connectivity index (χ4v) is 5.04. The minimum atomic E-state index is 0.686. The zero-order valence-corrected chi connectivity index (χ0v) is 17.6. The second-order valence-corrected chi connectivity index (χ2v) is 8.70. The molecule has 6 rings (SSSR count). The van der Waals surface area contributed by atoms with Crippen molar-refractivity contribution in [3.8, 4) is 22.4 Å². The van der Waals surface area contributed by atoms with Gasteiger partial charge >= 0.3 is 0 Å². The highest BCUT2D eigenvalue weighted by atomic mass is 16.3. The molecule has 0 spiro atoms. The number of furan rings is 1. The summed E-state index contributed by atoms with van der Waals surface area (Å²) >= 11 is 0. The molecule has 0 saturated heterocycles. The summed E-state index contributed by atoms with van der Waals surface area (Å²) in [6.45, 7) is 0. The molecular weight excluding hydrogens is 378 g/mol. The zero-order valence-electron chi connectivity index (χ0n) is 17.6. The van der Waals surface area contributed by atoms with Crippen molar-refractivity contribution in [2.24, 2.45) is 0 Å². The maximum absolute atomic E-state index is 6.20. The topological polar surface area (TPSA) is 26.0 Å². The van der Waals surface area contributed by atoms with Crippen LogP contribution in [-0.2, 0) is 0 Å². The summed E-state index contributed by atoms with van der Waals surface area (Å²) in [4.78, 5) is 4.70. The predicted molar refractivity (Wildman–Crippen MR) is 128 cm³/mol. The maximum Gasteiger partial charge on any atom is 0.136 e. The Kier molecular flexibility index (Phi) is 4.57. The van der Waals surface area contributed by atoms with Crippen molar-refractivity contribution >= 4 is 21.9 Å². The summed E-state index contributed by atoms with van der Waals surface area (Å²) in [7, 11) is 0. The molecule has 2 aromatic heterocycles. The Labute approximate surface area is 182 Å². The van der Waals surface area contributed by atoms with Crippen LogP contribution in [0.15, 0.2) is 89.5 Å². The SMILES string of the molecule is c1ccc(-c2ccc3c(c2)oc2ccc(-c4cc(C5CCCCC5)ccn4)cc23)cc1. The van der Waals surface area contributed by atoms with Crippen molar-refractivity contribution in [1.82, 2.24) is 4.98 Å². The molecule has 2 nitrogen and oxygen atoms in total. The summed E-state index contributed by atoms with van der Waals surface area (Å²) in [6.07, 6.45) is 8.66. The fourth-order valence-electron chi connectivity index (χ4n) is 5.04. The van der Waals surface area contributed by atoms with E-state index in [1.165, 1.54) is 48.8 Å². The minimum absolute atomic E-state index is 0.686. The Balaban J connectivity index is 1.40. The van der Waals surface area contributed by atoms with E-state index < -0.39 is 0 Å². The lowest BCUT2D eigenvalue weighted by Gasteiger charge is -2.22. The van der Waals surface area contributed by atoms with Gasteiger partial charge < -0.3 is 4.42 Å². The molecule has 152 valence electrons. The largest absolute Gasteiger partial charge is 0.456 e. The van der Waals surface area contributed by atoms with Crippen LogP contribution in [0.2, 0.25) is 0 Å². The lowest BCUT2D eigenvalue weighted by molar-refractivity contribution is 0.443. The Bertz CT molecular complexity index is 1360. The number of benzene rings is 3. The number of hydrogen-bond acceptors (Lipinski definition) is 2. The van der Waals surface area contributed by atoms with Crippen molar-refractivity contribution in [3.63, 3.8) is 0 Å². The molecule has 0 N–H and O–H groups in total. The first-order chi connectivity index (χ1) is 15.3. The second-order valence-electron chi connectivity index (χ2n) is 8.70. The van der Waals surface area contributed by atoms with Gasteiger partial charge in [0, 0.05) is 22.5 Å². The van der Waals surface area contributed by atoms with Gasteiger partial charge in [0.1, 0.15) is 11.2 Å². The average molecular weight is 404 g/mol. The van der Waals surface area contributed by atoms with Crippen LogP contribution in [-0.4, -0.2) is 4.98 Å². The van der Waals surface area contributed by atoms with Crippen LogP contribution >= 0.6 is 0 Å². The maximum atomic E-state index is 6.20. The molecule has 5 aromatic rings. The third-order valence-electron chi connectivity index (χ3n) is 6.73. The smallest absolute Gasteiger partial charge is 0.136 e. The van der Waals surface area contributed by atoms with Crippen molar-refractivity contribution < 1.29 is 4.42 Å². The lowest BCUT2D eigenvalue weighted by Crippen LogP contribution is -2.04. The van der Waals surface area contributed by atoms with E-state index in [2.05, 4.69) is 72.8 Å². The molecule has 2 heterocycles. The number of pyridine rings is 1. The Morgan fingerprint density at radius 3 is 2.35 bits per heavy atom. The van der Waals surface area contributed by atoms with Crippen LogP contribution in [0.3, 0.4) is 0 Å². The van der Waals surface area contributed by atoms with Gasteiger partial charge in [-0.1, -0.05) is 55.7 Å². The number of nitrogens with zero attached hydrogens (tertiary/aromatic N) is 1. The molecular formula is C29H25NO. The molecule has 0 unspecified atom stereocenters. The van der Waals surface area contributed by atoms with Gasteiger partial charge in [0.2, 0.25) is 0 Å². The molecule has 3 aromatic carbocycles. The first-order valence-corrected chi connectivity index (χ1v) is 11.3. The highest BCUT2D eigenvalue weighted by Gasteiger charge is 2.17. The summed E-state index contributed by atoms with van der Waals surface area (Å²) in [5, 5.41) is 2.30. The summed E-state index contributed by atoms with van der Waals surface area (Å²) < 4.78 is 6.20. The predicted octanol–water partition coefficient (Wildman–Crippen LogP) is 8.36. The average Bonchev–Trinajstić information content (AvgIpc) is 3.22. The van der Waals surface area contributed by atoms with E-state index in [-0.39, 0.29) is 0 Å². The third-order valence-corrected chi connectivity index (χ3v) is 6.73. The first kappa shape index (κ1) is 18.4. The van der Waals surface area contributed by atoms with E-state index in [1.807, 2.05) is 12.3 Å². The van der Waals surface area contributed by atoms with Crippen LogP contribution in [0, 0.1) is 0 Å². The number of aromatic nitrogens is 1. The fraction of sp³-hybridized carbons (Fsp3) is 0.207. The van der Waals surface area contributed by atoms with E-state index in [9.17, 15) is 0 Å². The molecule has 0 amide bonds. The molecule has 2 heteroatoms. The molecule has 1 aliphatic rings. The summed E-state index contributed by atoms with van der Waals surface area (Å²) in [5.41, 5.74) is 7.88. The van der Waals surface area contributed by atoms with Crippen LogP contribution in [0.5, 0.6) is 0 Å². The third kappa shape index (κ3) is 3.42. The second kappa shape index (κ2) is 7.70. The van der Waals surface area contributed by atoms with Crippen molar-refractivity contribution in [2.75, 3.05) is 0 Å². The number of rotatable bonds is 3. The molecule has 0 bridgehead atoms. The lowest BCUT2D eigenvalue weighted by atomic mass is 9.84. The Hall–Kier alpha value is -3.39. The van der Waals surface area contributed by atoms with E-state index in [0.717, 1.165) is 33.2 Å². The quantitative estimate of drug-likeness (QED) is 0.302. The number of hydrogen-bond donors (Lipinski definition) is 0. The van der Waals surface area contributed by atoms with Gasteiger partial charge in [0.15, 0.2) is 0 Å². The Morgan fingerprint density at radius 1 is 0.645 bits per heavy atom. The number of fused-ring (bicyclic) bond motifs is 3. The molecule has 0 radical (unpaired) electrons. The van der Waals surface area contributed by atoms with E-state index >= 15 is 0 Å². The zero-order chi connectivity index (χ0) is 20.6.